The number of carbonyl (C=O) groups excluding carboxylic acids is 1. The van der Waals surface area contributed by atoms with Crippen LogP contribution in [0.4, 0.5) is 11.4 Å². The molecule has 0 saturated carbocycles. The van der Waals surface area contributed by atoms with Gasteiger partial charge in [-0.2, -0.15) is 0 Å². The van der Waals surface area contributed by atoms with Crippen molar-refractivity contribution in [3.63, 3.8) is 0 Å². The van der Waals surface area contributed by atoms with Gasteiger partial charge in [-0.1, -0.05) is 19.9 Å². The summed E-state index contributed by atoms with van der Waals surface area (Å²) in [5.41, 5.74) is 8.02. The highest BCUT2D eigenvalue weighted by Gasteiger charge is 2.05. The molecule has 0 aliphatic heterocycles. The molecule has 1 aromatic rings. The van der Waals surface area contributed by atoms with Gasteiger partial charge in [-0.15, -0.1) is 0 Å². The zero-order valence-electron chi connectivity index (χ0n) is 10.6. The maximum absolute atomic E-state index is 11.6. The maximum atomic E-state index is 11.6. The van der Waals surface area contributed by atoms with Gasteiger partial charge in [0, 0.05) is 18.0 Å². The lowest BCUT2D eigenvalue weighted by atomic mass is 10.2. The highest BCUT2D eigenvalue weighted by Crippen LogP contribution is 2.17. The normalized spacial score (nSPS) is 10.6. The van der Waals surface area contributed by atoms with E-state index in [4.69, 9.17) is 10.5 Å². The Morgan fingerprint density at radius 1 is 1.47 bits per heavy atom. The number of carbonyl (C=O) groups is 1. The van der Waals surface area contributed by atoms with Crippen LogP contribution in [-0.2, 0) is 9.53 Å². The van der Waals surface area contributed by atoms with Crippen LogP contribution < -0.4 is 11.1 Å². The van der Waals surface area contributed by atoms with Crippen LogP contribution in [-0.4, -0.2) is 19.1 Å². The van der Waals surface area contributed by atoms with E-state index in [9.17, 15) is 4.79 Å². The van der Waals surface area contributed by atoms with Crippen molar-refractivity contribution in [2.75, 3.05) is 24.3 Å². The van der Waals surface area contributed by atoms with Gasteiger partial charge in [0.2, 0.25) is 5.91 Å². The maximum Gasteiger partial charge on any atom is 0.250 e. The fourth-order valence-electron chi connectivity index (χ4n) is 1.35. The molecule has 0 aromatic heterocycles. The van der Waals surface area contributed by atoms with Crippen LogP contribution in [0.1, 0.15) is 19.4 Å². The number of amides is 1. The summed E-state index contributed by atoms with van der Waals surface area (Å²) in [6.07, 6.45) is 0. The summed E-state index contributed by atoms with van der Waals surface area (Å²) in [4.78, 5) is 11.6. The van der Waals surface area contributed by atoms with Crippen molar-refractivity contribution < 1.29 is 9.53 Å². The smallest absolute Gasteiger partial charge is 0.250 e. The predicted molar refractivity (Wildman–Crippen MR) is 69.9 cm³/mol. The highest BCUT2D eigenvalue weighted by molar-refractivity contribution is 5.92. The third kappa shape index (κ3) is 4.87. The minimum absolute atomic E-state index is 0.0758. The van der Waals surface area contributed by atoms with Crippen LogP contribution in [0.15, 0.2) is 18.2 Å². The molecule has 0 spiro atoms. The Kier molecular flexibility index (Phi) is 4.97. The second kappa shape index (κ2) is 6.25. The molecule has 17 heavy (non-hydrogen) atoms. The lowest BCUT2D eigenvalue weighted by Crippen LogP contribution is -2.20. The van der Waals surface area contributed by atoms with Crippen molar-refractivity contribution in [3.05, 3.63) is 23.8 Å². The van der Waals surface area contributed by atoms with Gasteiger partial charge in [-0.05, 0) is 30.5 Å². The van der Waals surface area contributed by atoms with Crippen molar-refractivity contribution in [1.82, 2.24) is 0 Å². The Labute approximate surface area is 102 Å². The van der Waals surface area contributed by atoms with Gasteiger partial charge >= 0.3 is 0 Å². The molecule has 0 bridgehead atoms. The molecule has 1 aromatic carbocycles. The van der Waals surface area contributed by atoms with Crippen molar-refractivity contribution in [2.45, 2.75) is 20.8 Å². The average Bonchev–Trinajstić information content (AvgIpc) is 2.23. The van der Waals surface area contributed by atoms with E-state index in [0.29, 0.717) is 18.2 Å². The van der Waals surface area contributed by atoms with E-state index in [1.54, 1.807) is 12.1 Å². The molecule has 0 radical (unpaired) electrons. The third-order valence-electron chi connectivity index (χ3n) is 2.22. The van der Waals surface area contributed by atoms with E-state index in [2.05, 4.69) is 5.32 Å². The first-order valence-corrected chi connectivity index (χ1v) is 5.72. The summed E-state index contributed by atoms with van der Waals surface area (Å²) in [5.74, 6) is 0.274. The van der Waals surface area contributed by atoms with Crippen molar-refractivity contribution in [3.8, 4) is 0 Å². The van der Waals surface area contributed by atoms with Crippen LogP contribution in [0.5, 0.6) is 0 Å². The van der Waals surface area contributed by atoms with Crippen LogP contribution >= 0.6 is 0 Å². The van der Waals surface area contributed by atoms with Gasteiger partial charge in [0.25, 0.3) is 0 Å². The number of anilines is 2. The molecule has 0 fully saturated rings. The topological polar surface area (TPSA) is 64.3 Å². The van der Waals surface area contributed by atoms with E-state index >= 15 is 0 Å². The minimum atomic E-state index is -0.153. The van der Waals surface area contributed by atoms with E-state index in [1.165, 1.54) is 0 Å². The molecule has 1 amide bonds. The molecule has 0 saturated heterocycles. The molecule has 0 aliphatic carbocycles. The summed E-state index contributed by atoms with van der Waals surface area (Å²) in [5, 5.41) is 2.78. The second-order valence-electron chi connectivity index (χ2n) is 4.53. The molecule has 1 rings (SSSR count). The molecule has 4 nitrogen and oxygen atoms in total. The van der Waals surface area contributed by atoms with E-state index in [1.807, 2.05) is 26.8 Å². The Morgan fingerprint density at radius 2 is 2.18 bits per heavy atom. The minimum Gasteiger partial charge on any atom is -0.399 e. The first kappa shape index (κ1) is 13.5. The Balaban J connectivity index is 2.47. The van der Waals surface area contributed by atoms with Crippen molar-refractivity contribution >= 4 is 17.3 Å². The number of nitrogen functional groups attached to an aromatic ring is 1. The lowest BCUT2D eigenvalue weighted by Gasteiger charge is -2.10. The SMILES string of the molecule is Cc1ccc(N)cc1NC(=O)COCC(C)C. The number of aryl methyl sites for hydroxylation is 1. The molecule has 0 heterocycles. The van der Waals surface area contributed by atoms with Gasteiger partial charge in [0.1, 0.15) is 6.61 Å². The van der Waals surface area contributed by atoms with Crippen LogP contribution in [0.25, 0.3) is 0 Å². The average molecular weight is 236 g/mol. The summed E-state index contributed by atoms with van der Waals surface area (Å²) in [7, 11) is 0. The molecule has 3 N–H and O–H groups in total. The third-order valence-corrected chi connectivity index (χ3v) is 2.22. The summed E-state index contributed by atoms with van der Waals surface area (Å²) >= 11 is 0. The number of ether oxygens (including phenoxy) is 1. The quantitative estimate of drug-likeness (QED) is 0.770. The van der Waals surface area contributed by atoms with Crippen molar-refractivity contribution in [2.24, 2.45) is 5.92 Å². The number of hydrogen-bond acceptors (Lipinski definition) is 3. The largest absolute Gasteiger partial charge is 0.399 e. The molecule has 0 unspecified atom stereocenters. The second-order valence-corrected chi connectivity index (χ2v) is 4.53. The molecular formula is C13H20N2O2. The summed E-state index contributed by atoms with van der Waals surface area (Å²) < 4.78 is 5.26. The first-order chi connectivity index (χ1) is 7.99. The molecule has 0 aliphatic rings. The summed E-state index contributed by atoms with van der Waals surface area (Å²) in [6, 6.07) is 5.43. The van der Waals surface area contributed by atoms with Gasteiger partial charge < -0.3 is 15.8 Å². The highest BCUT2D eigenvalue weighted by atomic mass is 16.5. The zero-order chi connectivity index (χ0) is 12.8. The summed E-state index contributed by atoms with van der Waals surface area (Å²) in [6.45, 7) is 6.67. The van der Waals surface area contributed by atoms with Crippen LogP contribution in [0, 0.1) is 12.8 Å². The van der Waals surface area contributed by atoms with E-state index in [0.717, 1.165) is 11.3 Å². The lowest BCUT2D eigenvalue weighted by molar-refractivity contribution is -0.120. The standard InChI is InChI=1S/C13H20N2O2/c1-9(2)7-17-8-13(16)15-12-6-11(14)5-4-10(12)3/h4-6,9H,7-8,14H2,1-3H3,(H,15,16). The number of nitrogens with two attached hydrogens (primary N) is 1. The number of hydrogen-bond donors (Lipinski definition) is 2. The first-order valence-electron chi connectivity index (χ1n) is 5.72. The Bertz CT molecular complexity index is 389. The fourth-order valence-corrected chi connectivity index (χ4v) is 1.35. The predicted octanol–water partition coefficient (Wildman–Crippen LogP) is 2.19. The molecule has 94 valence electrons. The zero-order valence-corrected chi connectivity index (χ0v) is 10.6. The number of benzene rings is 1. The van der Waals surface area contributed by atoms with Crippen molar-refractivity contribution in [1.29, 1.82) is 0 Å². The molecule has 0 atom stereocenters. The number of rotatable bonds is 5. The number of nitrogens with one attached hydrogen (secondary N) is 1. The Morgan fingerprint density at radius 3 is 2.82 bits per heavy atom. The molecule has 4 heteroatoms. The fraction of sp³-hybridized carbons (Fsp3) is 0.462. The Hall–Kier alpha value is -1.55. The van der Waals surface area contributed by atoms with E-state index < -0.39 is 0 Å². The van der Waals surface area contributed by atoms with Crippen LogP contribution in [0.2, 0.25) is 0 Å². The van der Waals surface area contributed by atoms with E-state index in [-0.39, 0.29) is 12.5 Å². The van der Waals surface area contributed by atoms with Gasteiger partial charge in [0.15, 0.2) is 0 Å². The van der Waals surface area contributed by atoms with Gasteiger partial charge in [-0.3, -0.25) is 4.79 Å². The van der Waals surface area contributed by atoms with Crippen LogP contribution in [0.3, 0.4) is 0 Å². The van der Waals surface area contributed by atoms with Gasteiger partial charge in [-0.25, -0.2) is 0 Å². The molecular weight excluding hydrogens is 216 g/mol. The monoisotopic (exact) mass is 236 g/mol. The van der Waals surface area contributed by atoms with Gasteiger partial charge in [0.05, 0.1) is 0 Å².